The summed E-state index contributed by atoms with van der Waals surface area (Å²) in [6.07, 6.45) is 0.0134. The lowest BCUT2D eigenvalue weighted by Gasteiger charge is -2.31. The van der Waals surface area contributed by atoms with Crippen molar-refractivity contribution in [2.75, 3.05) is 5.75 Å². The highest BCUT2D eigenvalue weighted by atomic mass is 79.9. The molecule has 2 N–H and O–H groups in total. The molecule has 2 heterocycles. The minimum atomic E-state index is -4.40. The largest absolute Gasteiger partial charge is 0.446 e. The maximum atomic E-state index is 13.7. The Hall–Kier alpha value is -2.76. The lowest BCUT2D eigenvalue weighted by molar-refractivity contribution is 0.0318. The molecule has 17 heteroatoms. The first kappa shape index (κ1) is 27.3. The number of nitrogens with zero attached hydrogens (tertiary/aromatic N) is 5. The van der Waals surface area contributed by atoms with E-state index in [-0.39, 0.29) is 38.9 Å². The zero-order valence-electron chi connectivity index (χ0n) is 19.8. The first-order chi connectivity index (χ1) is 17.2. The van der Waals surface area contributed by atoms with Crippen molar-refractivity contribution >= 4 is 44.0 Å². The number of rotatable bonds is 8. The van der Waals surface area contributed by atoms with Gasteiger partial charge in [-0.2, -0.15) is 12.7 Å². The number of carbonyl (C=O) groups is 1. The summed E-state index contributed by atoms with van der Waals surface area (Å²) >= 11 is 4.21. The second-order valence-electron chi connectivity index (χ2n) is 9.24. The zero-order chi connectivity index (χ0) is 27.2. The third-order valence-electron chi connectivity index (χ3n) is 5.31. The van der Waals surface area contributed by atoms with Crippen molar-refractivity contribution in [2.24, 2.45) is 5.14 Å². The molecule has 0 aliphatic heterocycles. The first-order valence-electron chi connectivity index (χ1n) is 10.8. The van der Waals surface area contributed by atoms with Crippen LogP contribution in [0.3, 0.4) is 0 Å². The van der Waals surface area contributed by atoms with E-state index < -0.39 is 39.0 Å². The molecule has 200 valence electrons. The molecule has 0 radical (unpaired) electrons. The number of carbonyl (C=O) groups excluding carboxylic acids is 1. The quantitative estimate of drug-likeness (QED) is 0.365. The van der Waals surface area contributed by atoms with E-state index in [9.17, 15) is 22.4 Å². The molecule has 37 heavy (non-hydrogen) atoms. The Kier molecular flexibility index (Phi) is 7.26. The molecule has 0 spiro atoms. The van der Waals surface area contributed by atoms with Crippen LogP contribution in [0, 0.1) is 5.82 Å². The van der Waals surface area contributed by atoms with Gasteiger partial charge in [0.2, 0.25) is 5.82 Å². The smallest absolute Gasteiger partial charge is 0.443 e. The van der Waals surface area contributed by atoms with Crippen molar-refractivity contribution in [3.8, 4) is 17.2 Å². The molecule has 1 saturated carbocycles. The number of hydrogen-bond donors (Lipinski definition) is 1. The van der Waals surface area contributed by atoms with Crippen LogP contribution < -0.4 is 10.9 Å². The van der Waals surface area contributed by atoms with Crippen LogP contribution in [-0.2, 0) is 14.9 Å². The number of benzene rings is 1. The minimum Gasteiger partial charge on any atom is -0.443 e. The Morgan fingerprint density at radius 1 is 1.32 bits per heavy atom. The summed E-state index contributed by atoms with van der Waals surface area (Å²) in [5.74, 6) is -1.12. The average molecular weight is 621 g/mol. The van der Waals surface area contributed by atoms with Crippen LogP contribution in [0.1, 0.15) is 40.0 Å². The molecule has 0 saturated heterocycles. The summed E-state index contributed by atoms with van der Waals surface area (Å²) in [4.78, 5) is 25.0. The summed E-state index contributed by atoms with van der Waals surface area (Å²) in [5.41, 5.74) is -1.61. The van der Waals surface area contributed by atoms with Gasteiger partial charge < -0.3 is 4.74 Å². The molecule has 1 fully saturated rings. The fraction of sp³-hybridized carbons (Fsp3) is 0.450. The lowest BCUT2D eigenvalue weighted by atomic mass is 10.2. The van der Waals surface area contributed by atoms with Crippen molar-refractivity contribution in [3.63, 3.8) is 0 Å². The van der Waals surface area contributed by atoms with Crippen LogP contribution in [0.4, 0.5) is 9.18 Å². The van der Waals surface area contributed by atoms with Gasteiger partial charge in [-0.15, -0.1) is 11.8 Å². The SMILES string of the molecule is CC(C)(C)OC(=O)N(C1(CCSc2nonc2-c2noc(=O)n2-c2ccc(F)c(Br)c2)CC1)S(N)(=O)=O. The van der Waals surface area contributed by atoms with Gasteiger partial charge in [0.05, 0.1) is 15.7 Å². The number of nitrogens with two attached hydrogens (primary N) is 1. The van der Waals surface area contributed by atoms with Gasteiger partial charge in [0, 0.05) is 5.75 Å². The molecule has 3 aromatic rings. The van der Waals surface area contributed by atoms with Gasteiger partial charge in [-0.25, -0.2) is 28.3 Å². The highest BCUT2D eigenvalue weighted by Gasteiger charge is 2.55. The Balaban J connectivity index is 1.54. The van der Waals surface area contributed by atoms with Gasteiger partial charge in [0.1, 0.15) is 11.4 Å². The normalized spacial score (nSPS) is 15.0. The molecule has 1 aromatic carbocycles. The van der Waals surface area contributed by atoms with Gasteiger partial charge in [-0.05, 0) is 84.5 Å². The Morgan fingerprint density at radius 3 is 2.62 bits per heavy atom. The molecule has 0 unspecified atom stereocenters. The van der Waals surface area contributed by atoms with Crippen LogP contribution >= 0.6 is 27.7 Å². The molecule has 13 nitrogen and oxygen atoms in total. The van der Waals surface area contributed by atoms with Crippen molar-refractivity contribution < 1.29 is 31.5 Å². The fourth-order valence-corrected chi connectivity index (χ4v) is 6.02. The summed E-state index contributed by atoms with van der Waals surface area (Å²) in [7, 11) is -4.40. The number of amides is 1. The maximum Gasteiger partial charge on any atom is 0.446 e. The second-order valence-corrected chi connectivity index (χ2v) is 12.6. The maximum absolute atomic E-state index is 13.7. The van der Waals surface area contributed by atoms with E-state index in [4.69, 9.17) is 19.0 Å². The average Bonchev–Trinajstić information content (AvgIpc) is 3.19. The van der Waals surface area contributed by atoms with Crippen LogP contribution in [0.25, 0.3) is 17.2 Å². The number of thioether (sulfide) groups is 1. The minimum absolute atomic E-state index is 0.0340. The molecule has 1 aliphatic rings. The van der Waals surface area contributed by atoms with E-state index >= 15 is 0 Å². The van der Waals surface area contributed by atoms with E-state index in [1.165, 1.54) is 12.1 Å². The number of hydrogen-bond acceptors (Lipinski definition) is 11. The predicted octanol–water partition coefficient (Wildman–Crippen LogP) is 3.23. The fourth-order valence-electron chi connectivity index (χ4n) is 3.57. The number of ether oxygens (including phenoxy) is 1. The van der Waals surface area contributed by atoms with Crippen LogP contribution in [0.15, 0.2) is 41.6 Å². The second kappa shape index (κ2) is 9.85. The van der Waals surface area contributed by atoms with Crippen molar-refractivity contribution in [2.45, 2.75) is 56.2 Å². The molecule has 1 amide bonds. The third kappa shape index (κ3) is 5.89. The van der Waals surface area contributed by atoms with Crippen molar-refractivity contribution in [1.29, 1.82) is 0 Å². The van der Waals surface area contributed by atoms with Crippen molar-refractivity contribution in [3.05, 3.63) is 39.0 Å². The molecule has 1 aliphatic carbocycles. The molecular formula is C20H22BrFN6O7S2. The van der Waals surface area contributed by atoms with E-state index in [2.05, 4.69) is 31.4 Å². The lowest BCUT2D eigenvalue weighted by Crippen LogP contribution is -2.51. The molecule has 4 rings (SSSR count). The van der Waals surface area contributed by atoms with Crippen molar-refractivity contribution in [1.82, 2.24) is 24.3 Å². The van der Waals surface area contributed by atoms with Gasteiger partial charge >= 0.3 is 22.1 Å². The van der Waals surface area contributed by atoms with Crippen LogP contribution in [0.2, 0.25) is 0 Å². The topological polar surface area (TPSA) is 177 Å². The Morgan fingerprint density at radius 2 is 2.03 bits per heavy atom. The Bertz CT molecular complexity index is 1490. The highest BCUT2D eigenvalue weighted by Crippen LogP contribution is 2.47. The Labute approximate surface area is 222 Å². The van der Waals surface area contributed by atoms with E-state index in [0.717, 1.165) is 22.4 Å². The summed E-state index contributed by atoms with van der Waals surface area (Å²) in [6.45, 7) is 4.86. The monoisotopic (exact) mass is 620 g/mol. The zero-order valence-corrected chi connectivity index (χ0v) is 23.0. The van der Waals surface area contributed by atoms with Gasteiger partial charge in [0.25, 0.3) is 0 Å². The summed E-state index contributed by atoms with van der Waals surface area (Å²) in [6, 6.07) is 3.89. The van der Waals surface area contributed by atoms with Gasteiger partial charge in [0.15, 0.2) is 10.7 Å². The number of aromatic nitrogens is 4. The standard InChI is InChI=1S/C20H22BrFN6O7S2/c1-19(2,3)33-18(30)28(37(23,31)32)20(6-7-20)8-9-36-16-14(24-35-26-16)15-25-34-17(29)27(15)11-4-5-13(22)12(21)10-11/h4-5,10H,6-9H2,1-3H3,(H2,23,31,32). The number of halogens is 2. The third-order valence-corrected chi connectivity index (χ3v) is 7.92. The van der Waals surface area contributed by atoms with E-state index in [1.807, 2.05) is 0 Å². The molecule has 0 atom stereocenters. The highest BCUT2D eigenvalue weighted by molar-refractivity contribution is 9.10. The van der Waals surface area contributed by atoms with Gasteiger partial charge in [-0.3, -0.25) is 4.52 Å². The van der Waals surface area contributed by atoms with E-state index in [1.54, 1.807) is 20.8 Å². The summed E-state index contributed by atoms with van der Waals surface area (Å²) in [5, 5.41) is 17.0. The summed E-state index contributed by atoms with van der Waals surface area (Å²) < 4.78 is 54.9. The van der Waals surface area contributed by atoms with Gasteiger partial charge in [-0.1, -0.05) is 5.16 Å². The van der Waals surface area contributed by atoms with Crippen LogP contribution in [0.5, 0.6) is 0 Å². The van der Waals surface area contributed by atoms with E-state index in [0.29, 0.717) is 17.1 Å². The molecule has 0 bridgehead atoms. The molecule has 2 aromatic heterocycles. The first-order valence-corrected chi connectivity index (χ1v) is 14.1. The molecular weight excluding hydrogens is 599 g/mol. The predicted molar refractivity (Wildman–Crippen MR) is 132 cm³/mol. The van der Waals surface area contributed by atoms with Crippen LogP contribution in [-0.4, -0.2) is 55.7 Å².